The maximum atomic E-state index is 13.4. The van der Waals surface area contributed by atoms with Crippen molar-refractivity contribution in [3.63, 3.8) is 0 Å². The molecule has 216 valence electrons. The third kappa shape index (κ3) is 5.82. The first kappa shape index (κ1) is 28.0. The van der Waals surface area contributed by atoms with Crippen LogP contribution in [0.3, 0.4) is 0 Å². The highest BCUT2D eigenvalue weighted by Gasteiger charge is 2.24. The second-order valence-corrected chi connectivity index (χ2v) is 10.9. The molecule has 6 aromatic rings. The van der Waals surface area contributed by atoms with Crippen molar-refractivity contribution in [3.05, 3.63) is 113 Å². The number of thioether (sulfide) groups is 1. The Labute approximate surface area is 252 Å². The molecule has 4 aromatic carbocycles. The predicted molar refractivity (Wildman–Crippen MR) is 166 cm³/mol. The lowest BCUT2D eigenvalue weighted by atomic mass is 10.0. The molecule has 9 nitrogen and oxygen atoms in total. The number of phenolic OH excluding ortho intramolecular Hbond substituents is 1. The average Bonchev–Trinajstić information content (AvgIpc) is 3.62. The van der Waals surface area contributed by atoms with Gasteiger partial charge in [-0.1, -0.05) is 78.8 Å². The topological polar surface area (TPSA) is 115 Å². The van der Waals surface area contributed by atoms with E-state index in [0.717, 1.165) is 22.5 Å². The van der Waals surface area contributed by atoms with Crippen LogP contribution in [0.5, 0.6) is 17.4 Å². The van der Waals surface area contributed by atoms with Crippen LogP contribution in [0.4, 0.5) is 5.69 Å². The molecule has 0 saturated heterocycles. The van der Waals surface area contributed by atoms with Crippen LogP contribution in [0.25, 0.3) is 16.5 Å². The number of aromatic nitrogens is 4. The highest BCUT2D eigenvalue weighted by Crippen LogP contribution is 2.41. The highest BCUT2D eigenvalue weighted by atomic mass is 32.2. The standard InChI is InChI=1S/C33H29N5O4S/c1-4-29-35-36-33(42-29)43-19-27-21(3)37-38(23-10-6-5-7-11-23)32(27)41-28-18-26(30(39)25-13-9-8-12-24(25)28)31(40)34-22-16-14-20(2)15-17-22/h5-18,39H,4,19H2,1-3H3,(H,34,40). The Balaban J connectivity index is 1.43. The zero-order chi connectivity index (χ0) is 29.9. The molecule has 0 spiro atoms. The van der Waals surface area contributed by atoms with Crippen LogP contribution in [-0.2, 0) is 12.2 Å². The summed E-state index contributed by atoms with van der Waals surface area (Å²) in [7, 11) is 0. The number of aryl methyl sites for hydroxylation is 3. The van der Waals surface area contributed by atoms with Crippen molar-refractivity contribution >= 4 is 34.1 Å². The first-order valence-corrected chi connectivity index (χ1v) is 14.8. The number of rotatable bonds is 9. The van der Waals surface area contributed by atoms with Gasteiger partial charge in [0.25, 0.3) is 11.1 Å². The normalized spacial score (nSPS) is 11.1. The highest BCUT2D eigenvalue weighted by molar-refractivity contribution is 7.98. The fourth-order valence-corrected chi connectivity index (χ4v) is 5.50. The largest absolute Gasteiger partial charge is 0.506 e. The monoisotopic (exact) mass is 591 g/mol. The number of hydrogen-bond acceptors (Lipinski definition) is 8. The van der Waals surface area contributed by atoms with Gasteiger partial charge in [-0.15, -0.1) is 10.2 Å². The minimum Gasteiger partial charge on any atom is -0.506 e. The zero-order valence-electron chi connectivity index (χ0n) is 23.9. The van der Waals surface area contributed by atoms with Crippen LogP contribution in [0, 0.1) is 13.8 Å². The molecule has 0 fully saturated rings. The smallest absolute Gasteiger partial charge is 0.276 e. The Morgan fingerprint density at radius 3 is 2.42 bits per heavy atom. The van der Waals surface area contributed by atoms with E-state index in [1.165, 1.54) is 11.8 Å². The molecule has 10 heteroatoms. The Hall–Kier alpha value is -5.09. The second kappa shape index (κ2) is 12.0. The number of nitrogens with one attached hydrogen (secondary N) is 1. The van der Waals surface area contributed by atoms with Gasteiger partial charge < -0.3 is 19.6 Å². The van der Waals surface area contributed by atoms with E-state index in [1.54, 1.807) is 16.8 Å². The van der Waals surface area contributed by atoms with Crippen molar-refractivity contribution in [1.82, 2.24) is 20.0 Å². The third-order valence-corrected chi connectivity index (χ3v) is 7.81. The lowest BCUT2D eigenvalue weighted by molar-refractivity contribution is 0.102. The van der Waals surface area contributed by atoms with E-state index >= 15 is 0 Å². The summed E-state index contributed by atoms with van der Waals surface area (Å²) in [5.41, 5.74) is 4.19. The van der Waals surface area contributed by atoms with Crippen LogP contribution < -0.4 is 10.1 Å². The molecule has 6 rings (SSSR count). The van der Waals surface area contributed by atoms with Gasteiger partial charge >= 0.3 is 0 Å². The Morgan fingerprint density at radius 2 is 1.70 bits per heavy atom. The number of amides is 1. The van der Waals surface area contributed by atoms with Crippen molar-refractivity contribution in [2.75, 3.05) is 5.32 Å². The molecule has 0 aliphatic rings. The SMILES string of the molecule is CCc1nnc(SCc2c(C)nn(-c3ccccc3)c2Oc2cc(C(=O)Nc3ccc(C)cc3)c(O)c3ccccc23)o1. The molecular weight excluding hydrogens is 562 g/mol. The number of carbonyl (C=O) groups excluding carboxylic acids is 1. The lowest BCUT2D eigenvalue weighted by Gasteiger charge is -2.16. The third-order valence-electron chi connectivity index (χ3n) is 6.97. The van der Waals surface area contributed by atoms with Gasteiger partial charge in [-0.2, -0.15) is 5.10 Å². The van der Waals surface area contributed by atoms with Crippen LogP contribution in [-0.4, -0.2) is 31.0 Å². The zero-order valence-corrected chi connectivity index (χ0v) is 24.7. The quantitative estimate of drug-likeness (QED) is 0.165. The first-order valence-electron chi connectivity index (χ1n) is 13.8. The molecule has 0 radical (unpaired) electrons. The summed E-state index contributed by atoms with van der Waals surface area (Å²) < 4.78 is 14.1. The Morgan fingerprint density at radius 1 is 0.977 bits per heavy atom. The van der Waals surface area contributed by atoms with Gasteiger partial charge in [0.1, 0.15) is 11.5 Å². The molecule has 0 bridgehead atoms. The van der Waals surface area contributed by atoms with Crippen molar-refractivity contribution in [2.24, 2.45) is 0 Å². The summed E-state index contributed by atoms with van der Waals surface area (Å²) >= 11 is 1.40. The molecule has 2 heterocycles. The molecule has 0 aliphatic heterocycles. The predicted octanol–water partition coefficient (Wildman–Crippen LogP) is 7.63. The van der Waals surface area contributed by atoms with Crippen molar-refractivity contribution in [3.8, 4) is 23.1 Å². The van der Waals surface area contributed by atoms with Gasteiger partial charge in [-0.3, -0.25) is 4.79 Å². The molecule has 2 aromatic heterocycles. The summed E-state index contributed by atoms with van der Waals surface area (Å²) in [4.78, 5) is 13.4. The number of fused-ring (bicyclic) bond motifs is 1. The van der Waals surface area contributed by atoms with Crippen LogP contribution >= 0.6 is 11.8 Å². The number of hydrogen-bond donors (Lipinski definition) is 2. The van der Waals surface area contributed by atoms with E-state index in [1.807, 2.05) is 93.6 Å². The van der Waals surface area contributed by atoms with Gasteiger partial charge in [-0.25, -0.2) is 4.68 Å². The van der Waals surface area contributed by atoms with E-state index in [-0.39, 0.29) is 11.3 Å². The number of benzene rings is 4. The molecule has 43 heavy (non-hydrogen) atoms. The Bertz CT molecular complexity index is 1920. The number of anilines is 1. The Kier molecular flexibility index (Phi) is 7.84. The summed E-state index contributed by atoms with van der Waals surface area (Å²) in [5.74, 6) is 1.32. The van der Waals surface area contributed by atoms with E-state index in [0.29, 0.717) is 51.4 Å². The van der Waals surface area contributed by atoms with Gasteiger partial charge in [0.15, 0.2) is 0 Å². The van der Waals surface area contributed by atoms with Gasteiger partial charge in [0.2, 0.25) is 11.8 Å². The van der Waals surface area contributed by atoms with Crippen molar-refractivity contribution in [2.45, 2.75) is 38.2 Å². The first-order chi connectivity index (χ1) is 20.9. The van der Waals surface area contributed by atoms with Crippen molar-refractivity contribution in [1.29, 1.82) is 0 Å². The number of carbonyl (C=O) groups is 1. The van der Waals surface area contributed by atoms with Crippen molar-refractivity contribution < 1.29 is 19.1 Å². The molecule has 0 aliphatic carbocycles. The maximum Gasteiger partial charge on any atom is 0.276 e. The van der Waals surface area contributed by atoms with Crippen LogP contribution in [0.15, 0.2) is 94.6 Å². The van der Waals surface area contributed by atoms with Crippen LogP contribution in [0.2, 0.25) is 0 Å². The number of phenols is 1. The summed E-state index contributed by atoms with van der Waals surface area (Å²) in [6, 6.07) is 26.0. The fourth-order valence-electron chi connectivity index (χ4n) is 4.65. The van der Waals surface area contributed by atoms with E-state index in [4.69, 9.17) is 14.3 Å². The molecule has 0 saturated carbocycles. The molecular formula is C33H29N5O4S. The number of nitrogens with zero attached hydrogens (tertiary/aromatic N) is 4. The average molecular weight is 592 g/mol. The second-order valence-electron chi connectivity index (χ2n) is 9.96. The molecule has 0 atom stereocenters. The van der Waals surface area contributed by atoms with E-state index in [2.05, 4.69) is 15.5 Å². The molecule has 0 unspecified atom stereocenters. The van der Waals surface area contributed by atoms with Gasteiger partial charge in [0, 0.05) is 34.2 Å². The van der Waals surface area contributed by atoms with Gasteiger partial charge in [-0.05, 0) is 44.2 Å². The number of para-hydroxylation sites is 1. The minimum atomic E-state index is -0.455. The maximum absolute atomic E-state index is 13.4. The lowest BCUT2D eigenvalue weighted by Crippen LogP contribution is -2.12. The summed E-state index contributed by atoms with van der Waals surface area (Å²) in [6.45, 7) is 5.85. The summed E-state index contributed by atoms with van der Waals surface area (Å²) in [5, 5.41) is 28.7. The molecule has 1 amide bonds. The van der Waals surface area contributed by atoms with E-state index in [9.17, 15) is 9.90 Å². The van der Waals surface area contributed by atoms with Crippen LogP contribution in [0.1, 0.15) is 40.0 Å². The number of ether oxygens (including phenoxy) is 1. The van der Waals surface area contributed by atoms with E-state index < -0.39 is 5.91 Å². The minimum absolute atomic E-state index is 0.0886. The number of aromatic hydroxyl groups is 1. The van der Waals surface area contributed by atoms with Gasteiger partial charge in [0.05, 0.1) is 16.9 Å². The summed E-state index contributed by atoms with van der Waals surface area (Å²) in [6.07, 6.45) is 0.653. The fraction of sp³-hybridized carbons (Fsp3) is 0.152. The molecule has 2 N–H and O–H groups in total.